The summed E-state index contributed by atoms with van der Waals surface area (Å²) in [6.45, 7) is 0.458. The Morgan fingerprint density at radius 1 is 1.17 bits per heavy atom. The highest BCUT2D eigenvalue weighted by atomic mass is 15.0. The first kappa shape index (κ1) is 11.0. The lowest BCUT2D eigenvalue weighted by atomic mass is 10.1. The van der Waals surface area contributed by atoms with Gasteiger partial charge in [-0.15, -0.1) is 0 Å². The van der Waals surface area contributed by atoms with Gasteiger partial charge in [-0.25, -0.2) is 4.98 Å². The van der Waals surface area contributed by atoms with Crippen molar-refractivity contribution in [2.24, 2.45) is 19.8 Å². The molecule has 0 radical (unpaired) electrons. The van der Waals surface area contributed by atoms with Gasteiger partial charge in [0.05, 0.1) is 17.7 Å². The number of aromatic nitrogens is 3. The molecule has 0 fully saturated rings. The summed E-state index contributed by atoms with van der Waals surface area (Å²) in [6.07, 6.45) is 3.96. The van der Waals surface area contributed by atoms with E-state index in [1.807, 2.05) is 17.9 Å². The molecule has 1 aromatic carbocycles. The second-order valence-electron chi connectivity index (χ2n) is 4.53. The van der Waals surface area contributed by atoms with Crippen molar-refractivity contribution in [3.05, 3.63) is 42.5 Å². The Hall–Kier alpha value is -2.07. The third-order valence-electron chi connectivity index (χ3n) is 3.36. The summed E-state index contributed by atoms with van der Waals surface area (Å²) in [6, 6.07) is 8.37. The van der Waals surface area contributed by atoms with Gasteiger partial charge in [-0.3, -0.25) is 0 Å². The minimum atomic E-state index is 0.458. The van der Waals surface area contributed by atoms with Crippen LogP contribution in [0, 0.1) is 0 Å². The lowest BCUT2D eigenvalue weighted by molar-refractivity contribution is 0.916. The maximum Gasteiger partial charge on any atom is 0.0952 e. The van der Waals surface area contributed by atoms with Gasteiger partial charge >= 0.3 is 0 Å². The minimum Gasteiger partial charge on any atom is -0.350 e. The Bertz CT molecular complexity index is 706. The van der Waals surface area contributed by atoms with Crippen molar-refractivity contribution < 1.29 is 0 Å². The number of imidazole rings is 1. The van der Waals surface area contributed by atoms with Crippen molar-refractivity contribution in [2.45, 2.75) is 6.54 Å². The highest BCUT2D eigenvalue weighted by Crippen LogP contribution is 2.31. The third kappa shape index (κ3) is 1.46. The van der Waals surface area contributed by atoms with Crippen molar-refractivity contribution in [2.75, 3.05) is 0 Å². The number of hydrogen-bond donors (Lipinski definition) is 1. The molecule has 2 heterocycles. The first-order chi connectivity index (χ1) is 8.72. The van der Waals surface area contributed by atoms with Crippen LogP contribution in [0.15, 0.2) is 36.8 Å². The average molecular weight is 240 g/mol. The summed E-state index contributed by atoms with van der Waals surface area (Å²) >= 11 is 0. The van der Waals surface area contributed by atoms with Gasteiger partial charge in [0.1, 0.15) is 0 Å². The smallest absolute Gasteiger partial charge is 0.0952 e. The van der Waals surface area contributed by atoms with E-state index >= 15 is 0 Å². The summed E-state index contributed by atoms with van der Waals surface area (Å²) in [7, 11) is 4.06. The predicted octanol–water partition coefficient (Wildman–Crippen LogP) is 2.04. The van der Waals surface area contributed by atoms with Gasteiger partial charge in [0, 0.05) is 43.3 Å². The monoisotopic (exact) mass is 240 g/mol. The standard InChI is InChI=1S/C14H16N4/c1-17-8-11(10-5-3-4-6-13(10)17)14-12(7-15)16-9-18(14)2/h3-6,8-9H,7,15H2,1-2H3. The van der Waals surface area contributed by atoms with E-state index in [2.05, 4.69) is 47.1 Å². The summed E-state index contributed by atoms with van der Waals surface area (Å²) in [5, 5.41) is 1.23. The molecule has 0 saturated heterocycles. The van der Waals surface area contributed by atoms with Crippen LogP contribution in [0.2, 0.25) is 0 Å². The Morgan fingerprint density at radius 3 is 2.72 bits per heavy atom. The van der Waals surface area contributed by atoms with E-state index in [0.717, 1.165) is 11.4 Å². The second-order valence-corrected chi connectivity index (χ2v) is 4.53. The predicted molar refractivity (Wildman–Crippen MR) is 73.0 cm³/mol. The van der Waals surface area contributed by atoms with Crippen LogP contribution in [0.25, 0.3) is 22.2 Å². The van der Waals surface area contributed by atoms with E-state index in [9.17, 15) is 0 Å². The number of rotatable bonds is 2. The molecule has 0 aliphatic heterocycles. The second kappa shape index (κ2) is 3.99. The fourth-order valence-corrected chi connectivity index (χ4v) is 2.50. The molecule has 18 heavy (non-hydrogen) atoms. The third-order valence-corrected chi connectivity index (χ3v) is 3.36. The molecule has 2 N–H and O–H groups in total. The lowest BCUT2D eigenvalue weighted by Gasteiger charge is -2.03. The zero-order valence-electron chi connectivity index (χ0n) is 10.6. The van der Waals surface area contributed by atoms with Crippen molar-refractivity contribution >= 4 is 10.9 Å². The normalized spacial score (nSPS) is 11.3. The number of nitrogens with zero attached hydrogens (tertiary/aromatic N) is 3. The zero-order valence-corrected chi connectivity index (χ0v) is 10.6. The van der Waals surface area contributed by atoms with Crippen LogP contribution in [0.1, 0.15) is 5.69 Å². The average Bonchev–Trinajstić information content (AvgIpc) is 2.91. The largest absolute Gasteiger partial charge is 0.350 e. The van der Waals surface area contributed by atoms with E-state index in [1.54, 1.807) is 0 Å². The molecular formula is C14H16N4. The molecule has 0 aliphatic carbocycles. The van der Waals surface area contributed by atoms with Crippen molar-refractivity contribution in [1.82, 2.24) is 14.1 Å². The Balaban J connectivity index is 2.35. The SMILES string of the molecule is Cn1cnc(CN)c1-c1cn(C)c2ccccc12. The van der Waals surface area contributed by atoms with Crippen LogP contribution in [0.4, 0.5) is 0 Å². The molecule has 0 bridgehead atoms. The molecular weight excluding hydrogens is 224 g/mol. The molecule has 92 valence electrons. The molecule has 4 nitrogen and oxygen atoms in total. The maximum absolute atomic E-state index is 5.77. The van der Waals surface area contributed by atoms with Gasteiger partial charge in [-0.05, 0) is 6.07 Å². The number of aryl methyl sites for hydroxylation is 2. The number of nitrogens with two attached hydrogens (primary N) is 1. The van der Waals surface area contributed by atoms with Crippen LogP contribution < -0.4 is 5.73 Å². The molecule has 0 atom stereocenters. The van der Waals surface area contributed by atoms with Gasteiger partial charge in [-0.1, -0.05) is 18.2 Å². The molecule has 0 aliphatic rings. The van der Waals surface area contributed by atoms with E-state index in [-0.39, 0.29) is 0 Å². The van der Waals surface area contributed by atoms with Gasteiger partial charge in [0.2, 0.25) is 0 Å². The van der Waals surface area contributed by atoms with Crippen LogP contribution in [0.5, 0.6) is 0 Å². The Kier molecular flexibility index (Phi) is 2.45. The minimum absolute atomic E-state index is 0.458. The molecule has 0 unspecified atom stereocenters. The van der Waals surface area contributed by atoms with Crippen LogP contribution in [-0.4, -0.2) is 14.1 Å². The first-order valence-electron chi connectivity index (χ1n) is 5.97. The summed E-state index contributed by atoms with van der Waals surface area (Å²) < 4.78 is 4.17. The molecule has 0 spiro atoms. The lowest BCUT2D eigenvalue weighted by Crippen LogP contribution is -2.00. The summed E-state index contributed by atoms with van der Waals surface area (Å²) in [5.74, 6) is 0. The van der Waals surface area contributed by atoms with Crippen LogP contribution in [0.3, 0.4) is 0 Å². The topological polar surface area (TPSA) is 48.8 Å². The van der Waals surface area contributed by atoms with Gasteiger partial charge in [0.25, 0.3) is 0 Å². The van der Waals surface area contributed by atoms with Crippen molar-refractivity contribution in [3.8, 4) is 11.3 Å². The van der Waals surface area contributed by atoms with E-state index < -0.39 is 0 Å². The Morgan fingerprint density at radius 2 is 1.94 bits per heavy atom. The molecule has 3 rings (SSSR count). The number of benzene rings is 1. The number of para-hydroxylation sites is 1. The number of fused-ring (bicyclic) bond motifs is 1. The van der Waals surface area contributed by atoms with Gasteiger partial charge in [0.15, 0.2) is 0 Å². The van der Waals surface area contributed by atoms with Crippen molar-refractivity contribution in [1.29, 1.82) is 0 Å². The zero-order chi connectivity index (χ0) is 12.7. The fraction of sp³-hybridized carbons (Fsp3) is 0.214. The fourth-order valence-electron chi connectivity index (χ4n) is 2.50. The molecule has 0 amide bonds. The molecule has 4 heteroatoms. The molecule has 3 aromatic rings. The first-order valence-corrected chi connectivity index (χ1v) is 5.97. The quantitative estimate of drug-likeness (QED) is 0.745. The Labute approximate surface area is 106 Å². The molecule has 0 saturated carbocycles. The van der Waals surface area contributed by atoms with Gasteiger partial charge < -0.3 is 14.9 Å². The molecule has 2 aromatic heterocycles. The van der Waals surface area contributed by atoms with Gasteiger partial charge in [-0.2, -0.15) is 0 Å². The highest BCUT2D eigenvalue weighted by molar-refractivity contribution is 5.95. The van der Waals surface area contributed by atoms with Crippen LogP contribution in [-0.2, 0) is 20.6 Å². The number of hydrogen-bond acceptors (Lipinski definition) is 2. The van der Waals surface area contributed by atoms with E-state index in [0.29, 0.717) is 6.54 Å². The van der Waals surface area contributed by atoms with Crippen LogP contribution >= 0.6 is 0 Å². The summed E-state index contributed by atoms with van der Waals surface area (Å²) in [4.78, 5) is 4.36. The summed E-state index contributed by atoms with van der Waals surface area (Å²) in [5.41, 5.74) is 10.2. The maximum atomic E-state index is 5.77. The van der Waals surface area contributed by atoms with Crippen molar-refractivity contribution in [3.63, 3.8) is 0 Å². The van der Waals surface area contributed by atoms with E-state index in [1.165, 1.54) is 16.5 Å². The highest BCUT2D eigenvalue weighted by Gasteiger charge is 2.15. The van der Waals surface area contributed by atoms with E-state index in [4.69, 9.17) is 5.73 Å².